The second-order valence-corrected chi connectivity index (χ2v) is 8.92. The van der Waals surface area contributed by atoms with Gasteiger partial charge in [0.15, 0.2) is 0 Å². The summed E-state index contributed by atoms with van der Waals surface area (Å²) in [6.45, 7) is 8.99. The minimum absolute atomic E-state index is 0.665. The van der Waals surface area contributed by atoms with Crippen LogP contribution in [0.25, 0.3) is 21.3 Å². The third-order valence-corrected chi connectivity index (χ3v) is 6.33. The number of aromatic nitrogens is 2. The summed E-state index contributed by atoms with van der Waals surface area (Å²) in [6.07, 6.45) is 3.56. The van der Waals surface area contributed by atoms with Crippen LogP contribution in [0, 0.1) is 13.8 Å². The van der Waals surface area contributed by atoms with E-state index in [-0.39, 0.29) is 0 Å². The number of rotatable bonds is 8. The number of nitrogens with zero attached hydrogens (tertiary/aromatic N) is 2. The number of aryl methyl sites for hydroxylation is 3. The van der Waals surface area contributed by atoms with Crippen molar-refractivity contribution in [2.45, 2.75) is 47.0 Å². The predicted octanol–water partition coefficient (Wildman–Crippen LogP) is 7.46. The van der Waals surface area contributed by atoms with Gasteiger partial charge in [0.1, 0.15) is 22.2 Å². The molecule has 0 aliphatic rings. The van der Waals surface area contributed by atoms with E-state index in [4.69, 9.17) is 14.7 Å². The van der Waals surface area contributed by atoms with Crippen molar-refractivity contribution in [3.05, 3.63) is 64.8 Å². The molecule has 4 rings (SSSR count). The summed E-state index contributed by atoms with van der Waals surface area (Å²) in [6, 6.07) is 17.0. The third kappa shape index (κ3) is 4.72. The van der Waals surface area contributed by atoms with Gasteiger partial charge in [-0.1, -0.05) is 37.6 Å². The Hall–Kier alpha value is -2.92. The van der Waals surface area contributed by atoms with E-state index >= 15 is 0 Å². The molecule has 2 heterocycles. The zero-order valence-electron chi connectivity index (χ0n) is 18.7. The average Bonchev–Trinajstić information content (AvgIpc) is 3.09. The number of ether oxygens (including phenoxy) is 1. The lowest BCUT2D eigenvalue weighted by Crippen LogP contribution is -1.99. The van der Waals surface area contributed by atoms with E-state index in [2.05, 4.69) is 55.6 Å². The van der Waals surface area contributed by atoms with Gasteiger partial charge in [0.05, 0.1) is 12.0 Å². The molecule has 0 aliphatic carbocycles. The number of hydrogen-bond donors (Lipinski definition) is 1. The summed E-state index contributed by atoms with van der Waals surface area (Å²) >= 11 is 1.72. The lowest BCUT2D eigenvalue weighted by molar-refractivity contribution is 0.340. The summed E-state index contributed by atoms with van der Waals surface area (Å²) in [5, 5.41) is 4.63. The molecule has 0 unspecified atom stereocenters. The number of benzene rings is 2. The number of hydrogen-bond acceptors (Lipinski definition) is 5. The van der Waals surface area contributed by atoms with Gasteiger partial charge in [0, 0.05) is 16.1 Å². The first-order valence-corrected chi connectivity index (χ1v) is 11.8. The highest BCUT2D eigenvalue weighted by molar-refractivity contribution is 7.19. The van der Waals surface area contributed by atoms with Crippen molar-refractivity contribution in [2.24, 2.45) is 0 Å². The molecule has 0 saturated carbocycles. The zero-order chi connectivity index (χ0) is 21.8. The molecule has 0 fully saturated rings. The van der Waals surface area contributed by atoms with Crippen LogP contribution >= 0.6 is 11.3 Å². The van der Waals surface area contributed by atoms with Crippen molar-refractivity contribution >= 4 is 33.1 Å². The highest BCUT2D eigenvalue weighted by atomic mass is 32.1. The van der Waals surface area contributed by atoms with Crippen molar-refractivity contribution in [1.82, 2.24) is 9.97 Å². The summed E-state index contributed by atoms with van der Waals surface area (Å²) < 4.78 is 5.61. The van der Waals surface area contributed by atoms with E-state index in [9.17, 15) is 0 Å². The number of anilines is 2. The molecule has 0 spiro atoms. The van der Waals surface area contributed by atoms with Crippen molar-refractivity contribution in [3.8, 4) is 16.9 Å². The molecule has 2 aromatic heterocycles. The second kappa shape index (κ2) is 9.48. The van der Waals surface area contributed by atoms with Crippen LogP contribution in [-0.2, 0) is 6.42 Å². The number of fused-ring (bicyclic) bond motifs is 1. The Kier molecular flexibility index (Phi) is 6.52. The van der Waals surface area contributed by atoms with Crippen LogP contribution in [0.2, 0.25) is 0 Å². The van der Waals surface area contributed by atoms with Crippen molar-refractivity contribution in [3.63, 3.8) is 0 Å². The molecule has 31 heavy (non-hydrogen) atoms. The summed E-state index contributed by atoms with van der Waals surface area (Å²) in [5.74, 6) is 2.52. The van der Waals surface area contributed by atoms with Crippen LogP contribution in [0.5, 0.6) is 5.75 Å². The lowest BCUT2D eigenvalue weighted by atomic mass is 10.0. The first-order valence-electron chi connectivity index (χ1n) is 11.0. The normalized spacial score (nSPS) is 11.1. The largest absolute Gasteiger partial charge is 0.494 e. The van der Waals surface area contributed by atoms with E-state index in [1.165, 1.54) is 28.8 Å². The third-order valence-electron chi connectivity index (χ3n) is 5.33. The molecule has 0 atom stereocenters. The van der Waals surface area contributed by atoms with E-state index in [1.54, 1.807) is 11.3 Å². The maximum atomic E-state index is 5.61. The summed E-state index contributed by atoms with van der Waals surface area (Å²) in [7, 11) is 0. The minimum Gasteiger partial charge on any atom is -0.494 e. The monoisotopic (exact) mass is 431 g/mol. The van der Waals surface area contributed by atoms with Gasteiger partial charge >= 0.3 is 0 Å². The van der Waals surface area contributed by atoms with Gasteiger partial charge in [-0.3, -0.25) is 0 Å². The van der Waals surface area contributed by atoms with Crippen molar-refractivity contribution < 1.29 is 4.74 Å². The van der Waals surface area contributed by atoms with Crippen LogP contribution in [-0.4, -0.2) is 16.6 Å². The molecule has 4 aromatic rings. The maximum absolute atomic E-state index is 5.61. The zero-order valence-corrected chi connectivity index (χ0v) is 19.5. The van der Waals surface area contributed by atoms with Gasteiger partial charge < -0.3 is 10.1 Å². The van der Waals surface area contributed by atoms with Crippen LogP contribution in [0.15, 0.2) is 48.5 Å². The molecular weight excluding hydrogens is 402 g/mol. The van der Waals surface area contributed by atoms with Gasteiger partial charge in [-0.05, 0) is 69.0 Å². The first kappa shape index (κ1) is 21.3. The molecule has 1 N–H and O–H groups in total. The fourth-order valence-corrected chi connectivity index (χ4v) is 4.90. The smallest absolute Gasteiger partial charge is 0.143 e. The molecular formula is C26H29N3OS. The van der Waals surface area contributed by atoms with E-state index in [1.807, 2.05) is 26.0 Å². The Bertz CT molecular complexity index is 1160. The molecule has 4 nitrogen and oxygen atoms in total. The highest BCUT2D eigenvalue weighted by Crippen LogP contribution is 2.41. The molecule has 0 radical (unpaired) electrons. The molecule has 0 amide bonds. The Morgan fingerprint density at radius 2 is 1.68 bits per heavy atom. The Balaban J connectivity index is 1.73. The first-order chi connectivity index (χ1) is 15.1. The number of nitrogens with one attached hydrogen (secondary N) is 1. The summed E-state index contributed by atoms with van der Waals surface area (Å²) in [5.41, 5.74) is 4.75. The Morgan fingerprint density at radius 1 is 0.935 bits per heavy atom. The van der Waals surface area contributed by atoms with Crippen molar-refractivity contribution in [1.29, 1.82) is 0 Å². The summed E-state index contributed by atoms with van der Waals surface area (Å²) in [4.78, 5) is 11.7. The fourth-order valence-electron chi connectivity index (χ4n) is 3.81. The number of unbranched alkanes of at least 4 members (excludes halogenated alkanes) is 1. The SMILES string of the molecule is CCCCc1ccc(Nc2nc(C)nc3sc(C)c(-c4ccc(OCC)cc4)c23)cc1. The van der Waals surface area contributed by atoms with Gasteiger partial charge in [-0.25, -0.2) is 9.97 Å². The molecule has 5 heteroatoms. The second-order valence-electron chi connectivity index (χ2n) is 7.72. The fraction of sp³-hybridized carbons (Fsp3) is 0.308. The quantitative estimate of drug-likeness (QED) is 0.314. The van der Waals surface area contributed by atoms with Crippen LogP contribution in [0.3, 0.4) is 0 Å². The van der Waals surface area contributed by atoms with Gasteiger partial charge in [-0.2, -0.15) is 0 Å². The van der Waals surface area contributed by atoms with Crippen LogP contribution in [0.1, 0.15) is 43.0 Å². The van der Waals surface area contributed by atoms with E-state index < -0.39 is 0 Å². The van der Waals surface area contributed by atoms with E-state index in [0.29, 0.717) is 6.61 Å². The predicted molar refractivity (Wildman–Crippen MR) is 132 cm³/mol. The molecule has 0 bridgehead atoms. The van der Waals surface area contributed by atoms with Crippen LogP contribution in [0.4, 0.5) is 11.5 Å². The topological polar surface area (TPSA) is 47.0 Å². The number of thiophene rings is 1. The Labute approximate surface area is 188 Å². The molecule has 0 aliphatic heterocycles. The lowest BCUT2D eigenvalue weighted by Gasteiger charge is -2.11. The van der Waals surface area contributed by atoms with Gasteiger partial charge in [0.25, 0.3) is 0 Å². The molecule has 2 aromatic carbocycles. The molecule has 0 saturated heterocycles. The highest BCUT2D eigenvalue weighted by Gasteiger charge is 2.18. The minimum atomic E-state index is 0.665. The van der Waals surface area contributed by atoms with Gasteiger partial charge in [0.2, 0.25) is 0 Å². The Morgan fingerprint density at radius 3 is 2.35 bits per heavy atom. The molecule has 160 valence electrons. The maximum Gasteiger partial charge on any atom is 0.143 e. The average molecular weight is 432 g/mol. The van der Waals surface area contributed by atoms with Crippen LogP contribution < -0.4 is 10.1 Å². The standard InChI is InChI=1S/C26H29N3OS/c1-5-7-8-19-9-13-21(14-10-19)29-25-24-23(17(3)31-26(24)28-18(4)27-25)20-11-15-22(16-12-20)30-6-2/h9-16H,5-8H2,1-4H3,(H,27,28,29). The van der Waals surface area contributed by atoms with Crippen molar-refractivity contribution in [2.75, 3.05) is 11.9 Å². The van der Waals surface area contributed by atoms with Gasteiger partial charge in [-0.15, -0.1) is 11.3 Å². The van der Waals surface area contributed by atoms with E-state index in [0.717, 1.165) is 45.3 Å².